The minimum atomic E-state index is -5.05. The number of hydrogen-bond donors (Lipinski definition) is 10. The van der Waals surface area contributed by atoms with Crippen LogP contribution in [0.1, 0.15) is 144 Å². The summed E-state index contributed by atoms with van der Waals surface area (Å²) in [5, 5.41) is 51.5. The molecule has 8 bridgehead atoms. The van der Waals surface area contributed by atoms with Gasteiger partial charge in [0.1, 0.15) is 18.3 Å². The first-order chi connectivity index (χ1) is 41.8. The summed E-state index contributed by atoms with van der Waals surface area (Å²) in [4.78, 5) is 106. The van der Waals surface area contributed by atoms with Gasteiger partial charge in [0.25, 0.3) is 0 Å². The van der Waals surface area contributed by atoms with Gasteiger partial charge in [0, 0.05) is 74.0 Å². The van der Waals surface area contributed by atoms with Crippen molar-refractivity contribution in [1.82, 2.24) is 5.32 Å². The molecule has 8 rings (SSSR count). The van der Waals surface area contributed by atoms with Crippen molar-refractivity contribution in [2.24, 2.45) is 79.7 Å². The van der Waals surface area contributed by atoms with E-state index in [0.717, 1.165) is 11.1 Å². The number of primary amides is 6. The average Bonchev–Trinajstić information content (AvgIpc) is 1.53. The van der Waals surface area contributed by atoms with E-state index >= 15 is 0 Å². The fourth-order valence-corrected chi connectivity index (χ4v) is 17.4. The number of carbonyl (C=O) groups is 7. The number of amides is 7. The molecule has 0 saturated carbocycles. The molecule has 29 heteroatoms. The van der Waals surface area contributed by atoms with E-state index < -0.39 is 161 Å². The van der Waals surface area contributed by atoms with Gasteiger partial charge in [-0.2, -0.15) is 17.1 Å². The molecule has 5 fully saturated rings. The van der Waals surface area contributed by atoms with Crippen molar-refractivity contribution < 1.29 is 83.8 Å². The van der Waals surface area contributed by atoms with Crippen LogP contribution in [0.25, 0.3) is 26.6 Å². The molecule has 7 heterocycles. The molecule has 3 unspecified atom stereocenters. The van der Waals surface area contributed by atoms with Gasteiger partial charge in [0.05, 0.1) is 12.7 Å². The first kappa shape index (κ1) is 72.6. The third kappa shape index (κ3) is 14.0. The SMILES string of the molecule is C/C1=C2/[N-][C@H]([C@H](CC(N)=O)[C@@]2(C)CCC(=O)NC[C@@H](C)OP(=O)(O)O[C@H]2[C@@H](O)[C@@H](N3C[N-]c4cc(C)c(C)cc43)O[C@@H]2CO)[C@]2(C)[N-][C@@H](/C(C)=C3\[N-]C(/C=C4\[N-]C1[C@@H](CCC(N)=O)C4(C)C)[C@@H](CCC(N)=O)[C@]3(C)CC(N)=O)[C@@H](CCC(N)=O)[C@]2(C)CC(N)=O.[Co]. The summed E-state index contributed by atoms with van der Waals surface area (Å²) in [7, 11) is -5.05. The number of anilines is 1. The summed E-state index contributed by atoms with van der Waals surface area (Å²) in [6, 6.07) is 0.485. The first-order valence-corrected chi connectivity index (χ1v) is 32.5. The van der Waals surface area contributed by atoms with Crippen LogP contribution < -0.4 is 44.6 Å². The Balaban J connectivity index is 0.0000118. The topological polar surface area (TPSA) is 467 Å². The molecule has 1 aromatic rings. The van der Waals surface area contributed by atoms with Crippen LogP contribution in [0.4, 0.5) is 11.4 Å². The Labute approximate surface area is 543 Å². The molecule has 7 amide bonds. The van der Waals surface area contributed by atoms with Crippen molar-refractivity contribution in [2.45, 2.75) is 207 Å². The molecular weight excluding hydrogens is 1240 g/mol. The molecular formula is C62H93CoN13O14P-5. The minimum Gasteiger partial charge on any atom is -0.685 e. The third-order valence-electron chi connectivity index (χ3n) is 21.3. The summed E-state index contributed by atoms with van der Waals surface area (Å²) >= 11 is 0. The summed E-state index contributed by atoms with van der Waals surface area (Å²) in [6.07, 6.45) is -5.27. The Bertz CT molecular complexity index is 3190. The molecule has 18 atom stereocenters. The van der Waals surface area contributed by atoms with Gasteiger partial charge in [-0.05, 0) is 123 Å². The molecule has 91 heavy (non-hydrogen) atoms. The van der Waals surface area contributed by atoms with Crippen molar-refractivity contribution in [3.8, 4) is 0 Å². The average molecular weight is 1330 g/mol. The fraction of sp³-hybridized carbons (Fsp3) is 0.694. The van der Waals surface area contributed by atoms with E-state index in [9.17, 15) is 53.2 Å². The van der Waals surface area contributed by atoms with Crippen molar-refractivity contribution in [3.05, 3.63) is 84.2 Å². The second-order valence-corrected chi connectivity index (χ2v) is 29.0. The zero-order valence-electron chi connectivity index (χ0n) is 53.9. The predicted molar refractivity (Wildman–Crippen MR) is 335 cm³/mol. The van der Waals surface area contributed by atoms with Crippen LogP contribution in [0, 0.1) is 59.2 Å². The zero-order chi connectivity index (χ0) is 66.7. The number of phosphoric ester groups is 1. The molecule has 27 nitrogen and oxygen atoms in total. The summed E-state index contributed by atoms with van der Waals surface area (Å²) in [5.74, 6) is -6.85. The van der Waals surface area contributed by atoms with Crippen LogP contribution >= 0.6 is 7.82 Å². The number of fused-ring (bicyclic) bond motifs is 10. The van der Waals surface area contributed by atoms with Gasteiger partial charge in [0.2, 0.25) is 41.4 Å². The maximum Gasteiger partial charge on any atom is 0.472 e. The Morgan fingerprint density at radius 3 is 1.90 bits per heavy atom. The van der Waals surface area contributed by atoms with Gasteiger partial charge >= 0.3 is 7.82 Å². The van der Waals surface area contributed by atoms with Gasteiger partial charge in [-0.25, -0.2) is 4.57 Å². The number of aliphatic hydroxyl groups is 2. The van der Waals surface area contributed by atoms with Gasteiger partial charge in [0.15, 0.2) is 6.23 Å². The number of hydrogen-bond acceptors (Lipinski definition) is 14. The normalized spacial score (nSPS) is 36.8. The smallest absolute Gasteiger partial charge is 0.472 e. The number of aryl methyl sites for hydroxylation is 2. The number of carbonyl (C=O) groups excluding carboxylic acids is 7. The van der Waals surface area contributed by atoms with Gasteiger partial charge in [-0.1, -0.05) is 66.4 Å². The third-order valence-corrected chi connectivity index (χ3v) is 22.5. The second-order valence-electron chi connectivity index (χ2n) is 27.7. The number of nitrogens with one attached hydrogen (secondary N) is 1. The molecule has 1 aromatic carbocycles. The predicted octanol–water partition coefficient (Wildman–Crippen LogP) is 5.11. The molecule has 7 aliphatic rings. The number of allylic oxidation sites excluding steroid dienone is 3. The van der Waals surface area contributed by atoms with Crippen molar-refractivity contribution >= 4 is 60.5 Å². The Hall–Kier alpha value is -5.81. The first-order valence-electron chi connectivity index (χ1n) is 31.0. The molecule has 0 aromatic heterocycles. The van der Waals surface area contributed by atoms with E-state index in [1.165, 1.54) is 6.92 Å². The summed E-state index contributed by atoms with van der Waals surface area (Å²) < 4.78 is 30.8. The Morgan fingerprint density at radius 2 is 1.32 bits per heavy atom. The maximum atomic E-state index is 14.4. The standard InChI is InChI=1S/C62H93N13O14P.Co/c1-29-20-39-40(21-30(29)2)75(28-70-39)57-52(84)53(41(27-76)87-57)89-90(85,86)88-31(3)26-69-49(83)18-19-59(8)37(22-46(66)80)56-62(11)61(10,25-48(68)82)36(14-17-45(65)79)51(74-62)33(5)55-60(9,24-47(67)81)34(12-15-43(63)77)38(71-55)23-42-58(6,7)35(13-16-44(64)78)50(72-42)32(4)54(59)73-56;/h20-21,23,31,34-38,41,50-53,56-57,76,84H,12-19,22,24-28H2,1-11H3,(H2,63,77)(H2,64,78)(H2,65,79)(H2,66,80)(H2,67,81)(H2,68,82)(H,69,83)(H,85,86);/q-5;/b42-23-,54-32-,55-33-;/t31-,34-,35-,36-,37+,38?,41-,50?,51+,52-,53-,56-,57+,59-,60+,61+,62+;/m1./s1. The van der Waals surface area contributed by atoms with Crippen molar-refractivity contribution in [3.63, 3.8) is 0 Å². The second kappa shape index (κ2) is 27.3. The number of ether oxygens (including phenoxy) is 1. The van der Waals surface area contributed by atoms with Gasteiger partial charge in [-0.15, -0.1) is 40.5 Å². The van der Waals surface area contributed by atoms with Crippen LogP contribution in [0.5, 0.6) is 0 Å². The molecule has 7 aliphatic heterocycles. The largest absolute Gasteiger partial charge is 0.685 e. The summed E-state index contributed by atoms with van der Waals surface area (Å²) in [5.41, 5.74) is 36.4. The van der Waals surface area contributed by atoms with Crippen LogP contribution in [0.3, 0.4) is 0 Å². The van der Waals surface area contributed by atoms with Gasteiger partial charge in [-0.3, -0.25) is 42.6 Å². The van der Waals surface area contributed by atoms with Crippen molar-refractivity contribution in [2.75, 3.05) is 24.7 Å². The van der Waals surface area contributed by atoms with E-state index in [1.54, 1.807) is 4.90 Å². The number of phosphoric acid groups is 1. The van der Waals surface area contributed by atoms with Gasteiger partial charge < -0.3 is 91.0 Å². The maximum absolute atomic E-state index is 14.4. The number of benzene rings is 1. The van der Waals surface area contributed by atoms with Crippen LogP contribution in [0.15, 0.2) is 46.4 Å². The van der Waals surface area contributed by atoms with Crippen LogP contribution in [-0.4, -0.2) is 137 Å². The van der Waals surface area contributed by atoms with E-state index in [-0.39, 0.29) is 101 Å². The number of rotatable bonds is 26. The monoisotopic (exact) mass is 1330 g/mol. The molecule has 0 aliphatic carbocycles. The molecule has 5 saturated heterocycles. The minimum absolute atomic E-state index is 0. The molecule has 16 N–H and O–H groups in total. The number of nitrogens with two attached hydrogens (primary N) is 6. The van der Waals surface area contributed by atoms with E-state index in [4.69, 9.17) is 69.5 Å². The van der Waals surface area contributed by atoms with Crippen LogP contribution in [0.2, 0.25) is 0 Å². The number of aliphatic hydroxyl groups excluding tert-OH is 2. The van der Waals surface area contributed by atoms with E-state index in [2.05, 4.69) is 10.6 Å². The Kier molecular flexibility index (Phi) is 21.8. The molecule has 1 radical (unpaired) electrons. The van der Waals surface area contributed by atoms with E-state index in [0.29, 0.717) is 39.6 Å². The zero-order valence-corrected chi connectivity index (χ0v) is 55.8. The summed E-state index contributed by atoms with van der Waals surface area (Å²) in [6.45, 7) is 19.6. The quantitative estimate of drug-likeness (QED) is 0.0539. The fourth-order valence-electron chi connectivity index (χ4n) is 16.3. The number of nitrogens with zero attached hydrogens (tertiary/aromatic N) is 6. The Morgan fingerprint density at radius 1 is 0.747 bits per heavy atom. The van der Waals surface area contributed by atoms with E-state index in [1.807, 2.05) is 87.4 Å². The molecule has 509 valence electrons. The molecule has 0 spiro atoms. The van der Waals surface area contributed by atoms with Crippen molar-refractivity contribution in [1.29, 1.82) is 0 Å². The van der Waals surface area contributed by atoms with Crippen LogP contribution in [-0.2, 0) is 68.7 Å².